The molecule has 0 rings (SSSR count). The van der Waals surface area contributed by atoms with Crippen LogP contribution in [0.4, 0.5) is 4.39 Å². The highest BCUT2D eigenvalue weighted by molar-refractivity contribution is 6.04. The fourth-order valence-electron chi connectivity index (χ4n) is 1.66. The van der Waals surface area contributed by atoms with Gasteiger partial charge in [-0.15, -0.1) is 0 Å². The van der Waals surface area contributed by atoms with E-state index in [0.29, 0.717) is 6.42 Å². The van der Waals surface area contributed by atoms with Gasteiger partial charge < -0.3 is 10.8 Å². The summed E-state index contributed by atoms with van der Waals surface area (Å²) in [6, 6.07) is 0. The molecule has 1 unspecified atom stereocenters. The number of carbonyl (C=O) groups is 2. The zero-order valence-electron chi connectivity index (χ0n) is 10.4. The molecule has 100 valence electrons. The number of primary amides is 1. The molecule has 0 saturated carbocycles. The molecule has 0 saturated heterocycles. The first-order valence-corrected chi connectivity index (χ1v) is 6.17. The van der Waals surface area contributed by atoms with Crippen LogP contribution >= 0.6 is 0 Å². The minimum atomic E-state index is -2.90. The van der Waals surface area contributed by atoms with Gasteiger partial charge in [0.15, 0.2) is 0 Å². The smallest absolute Gasteiger partial charge is 0.351 e. The quantitative estimate of drug-likeness (QED) is 0.459. The second-order valence-electron chi connectivity index (χ2n) is 4.34. The number of alkyl halides is 1. The van der Waals surface area contributed by atoms with Crippen LogP contribution in [0.15, 0.2) is 0 Å². The summed E-state index contributed by atoms with van der Waals surface area (Å²) in [6.07, 6.45) is 6.27. The molecule has 0 aromatic heterocycles. The van der Waals surface area contributed by atoms with Gasteiger partial charge in [-0.3, -0.25) is 4.79 Å². The summed E-state index contributed by atoms with van der Waals surface area (Å²) >= 11 is 0. The average Bonchev–Trinajstić information content (AvgIpc) is 2.27. The number of nitrogens with two attached hydrogens (primary N) is 1. The zero-order valence-corrected chi connectivity index (χ0v) is 10.4. The van der Waals surface area contributed by atoms with Crippen molar-refractivity contribution in [3.05, 3.63) is 0 Å². The van der Waals surface area contributed by atoms with Gasteiger partial charge in [0, 0.05) is 6.42 Å². The van der Waals surface area contributed by atoms with E-state index in [1.165, 1.54) is 6.42 Å². The van der Waals surface area contributed by atoms with Crippen LogP contribution in [0.25, 0.3) is 0 Å². The minimum Gasteiger partial charge on any atom is -0.478 e. The van der Waals surface area contributed by atoms with Crippen LogP contribution in [0.3, 0.4) is 0 Å². The minimum absolute atomic E-state index is 0.328. The molecule has 0 spiro atoms. The Morgan fingerprint density at radius 3 is 2.00 bits per heavy atom. The van der Waals surface area contributed by atoms with Gasteiger partial charge in [-0.05, 0) is 6.42 Å². The number of amides is 1. The Labute approximate surface area is 101 Å². The Morgan fingerprint density at radius 1 is 1.12 bits per heavy atom. The number of carboxylic acids is 1. The Morgan fingerprint density at radius 2 is 1.59 bits per heavy atom. The van der Waals surface area contributed by atoms with E-state index in [0.717, 1.165) is 32.1 Å². The molecule has 4 nitrogen and oxygen atoms in total. The maximum Gasteiger partial charge on any atom is 0.351 e. The van der Waals surface area contributed by atoms with E-state index in [1.54, 1.807) is 0 Å². The second-order valence-corrected chi connectivity index (χ2v) is 4.34. The molecule has 0 fully saturated rings. The predicted molar refractivity (Wildman–Crippen MR) is 63.3 cm³/mol. The lowest BCUT2D eigenvalue weighted by Crippen LogP contribution is -2.46. The average molecular weight is 247 g/mol. The predicted octanol–water partition coefficient (Wildman–Crippen LogP) is 2.41. The largest absolute Gasteiger partial charge is 0.478 e. The number of halogens is 1. The van der Waals surface area contributed by atoms with Crippen molar-refractivity contribution in [2.45, 2.75) is 64.0 Å². The van der Waals surface area contributed by atoms with Gasteiger partial charge >= 0.3 is 5.97 Å². The molecular weight excluding hydrogens is 225 g/mol. The highest BCUT2D eigenvalue weighted by Gasteiger charge is 2.44. The zero-order chi connectivity index (χ0) is 13.3. The van der Waals surface area contributed by atoms with Gasteiger partial charge in [-0.1, -0.05) is 45.4 Å². The number of aliphatic carboxylic acids is 1. The molecule has 0 heterocycles. The van der Waals surface area contributed by atoms with Crippen LogP contribution < -0.4 is 5.73 Å². The van der Waals surface area contributed by atoms with Gasteiger partial charge in [0.2, 0.25) is 0 Å². The molecule has 17 heavy (non-hydrogen) atoms. The van der Waals surface area contributed by atoms with Crippen molar-refractivity contribution in [1.82, 2.24) is 0 Å². The fraction of sp³-hybridized carbons (Fsp3) is 0.833. The van der Waals surface area contributed by atoms with Gasteiger partial charge in [0.1, 0.15) is 0 Å². The normalized spacial score (nSPS) is 14.2. The SMILES string of the molecule is CCCCCCCCCC(F)(C(N)=O)C(=O)O. The lowest BCUT2D eigenvalue weighted by Gasteiger charge is -2.16. The molecule has 5 heteroatoms. The molecule has 1 atom stereocenters. The Balaban J connectivity index is 3.78. The molecule has 1 amide bonds. The Hall–Kier alpha value is -1.13. The molecular formula is C12H22FNO3. The van der Waals surface area contributed by atoms with Crippen LogP contribution in [0.2, 0.25) is 0 Å². The van der Waals surface area contributed by atoms with E-state index < -0.39 is 17.5 Å². The summed E-state index contributed by atoms with van der Waals surface area (Å²) in [7, 11) is 0. The van der Waals surface area contributed by atoms with Crippen molar-refractivity contribution in [3.8, 4) is 0 Å². The van der Waals surface area contributed by atoms with E-state index in [4.69, 9.17) is 10.8 Å². The van der Waals surface area contributed by atoms with Crippen molar-refractivity contribution in [3.63, 3.8) is 0 Å². The third kappa shape index (κ3) is 5.65. The van der Waals surface area contributed by atoms with Crippen molar-refractivity contribution in [2.75, 3.05) is 0 Å². The van der Waals surface area contributed by atoms with Gasteiger partial charge in [0.25, 0.3) is 11.6 Å². The molecule has 0 aromatic rings. The monoisotopic (exact) mass is 247 g/mol. The standard InChI is InChI=1S/C12H22FNO3/c1-2-3-4-5-6-7-8-9-12(13,10(14)15)11(16)17/h2-9H2,1H3,(H2,14,15)(H,16,17). The fourth-order valence-corrected chi connectivity index (χ4v) is 1.66. The summed E-state index contributed by atoms with van der Waals surface area (Å²) in [5, 5.41) is 8.60. The summed E-state index contributed by atoms with van der Waals surface area (Å²) < 4.78 is 13.6. The maximum atomic E-state index is 13.6. The van der Waals surface area contributed by atoms with Crippen LogP contribution in [0, 0.1) is 0 Å². The first-order chi connectivity index (χ1) is 7.95. The molecule has 0 aromatic carbocycles. The van der Waals surface area contributed by atoms with E-state index in [9.17, 15) is 14.0 Å². The summed E-state index contributed by atoms with van der Waals surface area (Å²) in [5.74, 6) is -3.19. The van der Waals surface area contributed by atoms with Crippen molar-refractivity contribution in [2.24, 2.45) is 5.73 Å². The highest BCUT2D eigenvalue weighted by Crippen LogP contribution is 2.21. The number of carboxylic acid groups (broad SMARTS) is 1. The number of hydrogen-bond acceptors (Lipinski definition) is 2. The van der Waals surface area contributed by atoms with Gasteiger partial charge in [-0.25, -0.2) is 9.18 Å². The molecule has 0 bridgehead atoms. The highest BCUT2D eigenvalue weighted by atomic mass is 19.1. The number of unbranched alkanes of at least 4 members (excludes halogenated alkanes) is 6. The van der Waals surface area contributed by atoms with Crippen molar-refractivity contribution < 1.29 is 19.1 Å². The summed E-state index contributed by atoms with van der Waals surface area (Å²) in [4.78, 5) is 21.3. The molecule has 0 aliphatic rings. The topological polar surface area (TPSA) is 80.4 Å². The molecule has 3 N–H and O–H groups in total. The molecule has 0 radical (unpaired) electrons. The third-order valence-electron chi connectivity index (χ3n) is 2.85. The molecule has 0 aliphatic carbocycles. The Kier molecular flexibility index (Phi) is 7.50. The number of hydrogen-bond donors (Lipinski definition) is 2. The molecule has 0 aliphatic heterocycles. The van der Waals surface area contributed by atoms with Crippen LogP contribution in [0.1, 0.15) is 58.3 Å². The van der Waals surface area contributed by atoms with E-state index in [1.807, 2.05) is 0 Å². The number of rotatable bonds is 10. The van der Waals surface area contributed by atoms with Crippen molar-refractivity contribution >= 4 is 11.9 Å². The third-order valence-corrected chi connectivity index (χ3v) is 2.85. The van der Waals surface area contributed by atoms with E-state index >= 15 is 0 Å². The maximum absolute atomic E-state index is 13.6. The number of carbonyl (C=O) groups excluding carboxylic acids is 1. The first-order valence-electron chi connectivity index (χ1n) is 6.17. The van der Waals surface area contributed by atoms with Crippen LogP contribution in [-0.2, 0) is 9.59 Å². The summed E-state index contributed by atoms with van der Waals surface area (Å²) in [5.41, 5.74) is 1.86. The van der Waals surface area contributed by atoms with Gasteiger partial charge in [0.05, 0.1) is 0 Å². The first kappa shape index (κ1) is 15.9. The van der Waals surface area contributed by atoms with Crippen molar-refractivity contribution in [1.29, 1.82) is 0 Å². The summed E-state index contributed by atoms with van der Waals surface area (Å²) in [6.45, 7) is 2.12. The second kappa shape index (κ2) is 8.03. The van der Waals surface area contributed by atoms with E-state index in [2.05, 4.69) is 6.92 Å². The van der Waals surface area contributed by atoms with E-state index in [-0.39, 0.29) is 6.42 Å². The van der Waals surface area contributed by atoms with Crippen LogP contribution in [0.5, 0.6) is 0 Å². The van der Waals surface area contributed by atoms with Gasteiger partial charge in [-0.2, -0.15) is 0 Å². The lowest BCUT2D eigenvalue weighted by molar-refractivity contribution is -0.157. The Bertz CT molecular complexity index is 242. The lowest BCUT2D eigenvalue weighted by atomic mass is 9.96. The van der Waals surface area contributed by atoms with Crippen LogP contribution in [-0.4, -0.2) is 22.7 Å².